The second kappa shape index (κ2) is 8.44. The van der Waals surface area contributed by atoms with Gasteiger partial charge in [0.1, 0.15) is 23.1 Å². The van der Waals surface area contributed by atoms with Crippen molar-refractivity contribution in [1.82, 2.24) is 15.3 Å². The molecule has 1 aromatic heterocycles. The summed E-state index contributed by atoms with van der Waals surface area (Å²) in [6.07, 6.45) is -3.37. The Morgan fingerprint density at radius 3 is 2.55 bits per heavy atom. The molecule has 1 aromatic carbocycles. The van der Waals surface area contributed by atoms with E-state index >= 15 is 0 Å². The minimum Gasteiger partial charge on any atom is -0.496 e. The first kappa shape index (κ1) is 21.2. The van der Waals surface area contributed by atoms with Crippen molar-refractivity contribution in [3.63, 3.8) is 0 Å². The largest absolute Gasteiger partial charge is 0.496 e. The molecule has 3 rings (SSSR count). The molecular formula is C19H20ClF3N4O2. The summed E-state index contributed by atoms with van der Waals surface area (Å²) in [5.74, 6) is 0.409. The molecule has 0 aliphatic carbocycles. The third-order valence-corrected chi connectivity index (χ3v) is 4.91. The molecule has 156 valence electrons. The van der Waals surface area contributed by atoms with Gasteiger partial charge in [0, 0.05) is 30.2 Å². The molecule has 0 saturated carbocycles. The first-order valence-corrected chi connectivity index (χ1v) is 9.37. The van der Waals surface area contributed by atoms with E-state index in [0.717, 1.165) is 6.07 Å². The van der Waals surface area contributed by atoms with E-state index in [1.807, 2.05) is 0 Å². The van der Waals surface area contributed by atoms with Crippen LogP contribution in [0.15, 0.2) is 24.3 Å². The number of ether oxygens (including phenoxy) is 1. The van der Waals surface area contributed by atoms with Gasteiger partial charge < -0.3 is 15.0 Å². The van der Waals surface area contributed by atoms with Crippen LogP contribution in [0.2, 0.25) is 5.02 Å². The summed E-state index contributed by atoms with van der Waals surface area (Å²) < 4.78 is 44.2. The van der Waals surface area contributed by atoms with Crippen LogP contribution in [0.3, 0.4) is 0 Å². The standard InChI is InChI=1S/C19H20ClF3N4O2/c1-11-24-16(19(21,22)23)10-17(25-11)27-7-5-13(6-8-27)26-18(28)14-4-3-12(20)9-15(14)29-2/h3-4,9-10,13H,5-8H2,1-2H3,(H,26,28). The number of nitrogens with one attached hydrogen (secondary N) is 1. The summed E-state index contributed by atoms with van der Waals surface area (Å²) in [7, 11) is 1.46. The minimum absolute atomic E-state index is 0.0695. The molecule has 1 aliphatic rings. The SMILES string of the molecule is COc1cc(Cl)ccc1C(=O)NC1CCN(c2cc(C(F)(F)F)nc(C)n2)CC1. The number of hydrogen-bond acceptors (Lipinski definition) is 5. The number of hydrogen-bond donors (Lipinski definition) is 1. The van der Waals surface area contributed by atoms with E-state index in [-0.39, 0.29) is 23.6 Å². The maximum atomic E-state index is 13.0. The van der Waals surface area contributed by atoms with Crippen LogP contribution >= 0.6 is 11.6 Å². The van der Waals surface area contributed by atoms with Crippen LogP contribution in [0, 0.1) is 6.92 Å². The Kier molecular flexibility index (Phi) is 6.16. The van der Waals surface area contributed by atoms with Gasteiger partial charge in [-0.05, 0) is 38.0 Å². The maximum Gasteiger partial charge on any atom is 0.433 e. The van der Waals surface area contributed by atoms with E-state index in [1.54, 1.807) is 23.1 Å². The van der Waals surface area contributed by atoms with Crippen LogP contribution in [0.1, 0.15) is 34.7 Å². The lowest BCUT2D eigenvalue weighted by atomic mass is 10.0. The molecule has 6 nitrogen and oxygen atoms in total. The molecule has 2 heterocycles. The van der Waals surface area contributed by atoms with Gasteiger partial charge in [-0.15, -0.1) is 0 Å². The number of piperidine rings is 1. The Bertz CT molecular complexity index is 900. The average molecular weight is 429 g/mol. The summed E-state index contributed by atoms with van der Waals surface area (Å²) in [6, 6.07) is 5.62. The summed E-state index contributed by atoms with van der Waals surface area (Å²) in [6.45, 7) is 2.37. The number of carbonyl (C=O) groups is 1. The summed E-state index contributed by atoms with van der Waals surface area (Å²) in [5, 5.41) is 3.41. The van der Waals surface area contributed by atoms with E-state index in [4.69, 9.17) is 16.3 Å². The summed E-state index contributed by atoms with van der Waals surface area (Å²) in [5.41, 5.74) is -0.578. The van der Waals surface area contributed by atoms with Crippen molar-refractivity contribution in [3.05, 3.63) is 46.4 Å². The van der Waals surface area contributed by atoms with Crippen molar-refractivity contribution in [1.29, 1.82) is 0 Å². The smallest absolute Gasteiger partial charge is 0.433 e. The molecule has 0 bridgehead atoms. The second-order valence-electron chi connectivity index (χ2n) is 6.74. The molecule has 2 aromatic rings. The van der Waals surface area contributed by atoms with Crippen LogP contribution in [0.5, 0.6) is 5.75 Å². The average Bonchev–Trinajstić information content (AvgIpc) is 2.67. The predicted octanol–water partition coefficient (Wildman–Crippen LogP) is 3.86. The number of aromatic nitrogens is 2. The first-order chi connectivity index (χ1) is 13.7. The molecule has 10 heteroatoms. The quantitative estimate of drug-likeness (QED) is 0.800. The minimum atomic E-state index is -4.52. The van der Waals surface area contributed by atoms with E-state index in [0.29, 0.717) is 42.3 Å². The van der Waals surface area contributed by atoms with E-state index < -0.39 is 11.9 Å². The van der Waals surface area contributed by atoms with Gasteiger partial charge in [-0.2, -0.15) is 13.2 Å². The van der Waals surface area contributed by atoms with Gasteiger partial charge in [0.15, 0.2) is 0 Å². The van der Waals surface area contributed by atoms with Crippen LogP contribution in [-0.4, -0.2) is 42.1 Å². The van der Waals surface area contributed by atoms with Crippen LogP contribution in [0.4, 0.5) is 19.0 Å². The van der Waals surface area contributed by atoms with Gasteiger partial charge in [0.25, 0.3) is 5.91 Å². The van der Waals surface area contributed by atoms with E-state index in [1.165, 1.54) is 14.0 Å². The number of alkyl halides is 3. The molecule has 0 unspecified atom stereocenters. The zero-order valence-corrected chi connectivity index (χ0v) is 16.6. The molecule has 0 spiro atoms. The Morgan fingerprint density at radius 2 is 1.93 bits per heavy atom. The normalized spacial score (nSPS) is 15.3. The van der Waals surface area contributed by atoms with Crippen molar-refractivity contribution >= 4 is 23.3 Å². The van der Waals surface area contributed by atoms with Crippen molar-refractivity contribution in [2.75, 3.05) is 25.1 Å². The number of carbonyl (C=O) groups excluding carboxylic acids is 1. The fourth-order valence-corrected chi connectivity index (χ4v) is 3.39. The van der Waals surface area contributed by atoms with Crippen LogP contribution in [-0.2, 0) is 6.18 Å². The van der Waals surface area contributed by atoms with Gasteiger partial charge in [-0.1, -0.05) is 11.6 Å². The lowest BCUT2D eigenvalue weighted by Gasteiger charge is -2.33. The molecule has 1 aliphatic heterocycles. The highest BCUT2D eigenvalue weighted by Crippen LogP contribution is 2.30. The Balaban J connectivity index is 1.64. The summed E-state index contributed by atoms with van der Waals surface area (Å²) in [4.78, 5) is 21.9. The first-order valence-electron chi connectivity index (χ1n) is 8.99. The van der Waals surface area contributed by atoms with Gasteiger partial charge in [-0.3, -0.25) is 4.79 Å². The maximum absolute atomic E-state index is 13.0. The summed E-state index contributed by atoms with van der Waals surface area (Å²) >= 11 is 5.92. The Hall–Kier alpha value is -2.55. The molecule has 29 heavy (non-hydrogen) atoms. The lowest BCUT2D eigenvalue weighted by Crippen LogP contribution is -2.45. The third kappa shape index (κ3) is 5.09. The van der Waals surface area contributed by atoms with E-state index in [2.05, 4.69) is 15.3 Å². The molecule has 0 atom stereocenters. The Morgan fingerprint density at radius 1 is 1.24 bits per heavy atom. The van der Waals surface area contributed by atoms with Crippen LogP contribution in [0.25, 0.3) is 0 Å². The zero-order chi connectivity index (χ0) is 21.2. The number of anilines is 1. The second-order valence-corrected chi connectivity index (χ2v) is 7.17. The lowest BCUT2D eigenvalue weighted by molar-refractivity contribution is -0.141. The fourth-order valence-electron chi connectivity index (χ4n) is 3.23. The predicted molar refractivity (Wildman–Crippen MR) is 102 cm³/mol. The number of nitrogens with zero attached hydrogens (tertiary/aromatic N) is 3. The van der Waals surface area contributed by atoms with E-state index in [9.17, 15) is 18.0 Å². The number of methoxy groups -OCH3 is 1. The molecule has 1 fully saturated rings. The number of benzene rings is 1. The highest BCUT2D eigenvalue weighted by atomic mass is 35.5. The molecule has 1 N–H and O–H groups in total. The highest BCUT2D eigenvalue weighted by Gasteiger charge is 2.34. The van der Waals surface area contributed by atoms with Gasteiger partial charge in [-0.25, -0.2) is 9.97 Å². The fraction of sp³-hybridized carbons (Fsp3) is 0.421. The number of amides is 1. The van der Waals surface area contributed by atoms with Crippen molar-refractivity contribution < 1.29 is 22.7 Å². The van der Waals surface area contributed by atoms with Gasteiger partial charge in [0.2, 0.25) is 0 Å². The van der Waals surface area contributed by atoms with Gasteiger partial charge in [0.05, 0.1) is 12.7 Å². The van der Waals surface area contributed by atoms with Crippen molar-refractivity contribution in [3.8, 4) is 5.75 Å². The molecule has 1 saturated heterocycles. The van der Waals surface area contributed by atoms with Gasteiger partial charge >= 0.3 is 6.18 Å². The number of rotatable bonds is 4. The number of halogens is 4. The van der Waals surface area contributed by atoms with Crippen molar-refractivity contribution in [2.45, 2.75) is 32.0 Å². The third-order valence-electron chi connectivity index (χ3n) is 4.68. The van der Waals surface area contributed by atoms with Crippen molar-refractivity contribution in [2.24, 2.45) is 0 Å². The highest BCUT2D eigenvalue weighted by molar-refractivity contribution is 6.30. The topological polar surface area (TPSA) is 67.3 Å². The Labute approximate surface area is 171 Å². The molecule has 1 amide bonds. The monoisotopic (exact) mass is 428 g/mol. The zero-order valence-electron chi connectivity index (χ0n) is 15.9. The van der Waals surface area contributed by atoms with Crippen LogP contribution < -0.4 is 15.0 Å². The molecular weight excluding hydrogens is 409 g/mol. The molecule has 0 radical (unpaired) electrons. The number of aryl methyl sites for hydroxylation is 1.